The lowest BCUT2D eigenvalue weighted by Crippen LogP contribution is -2.34. The predicted octanol–water partition coefficient (Wildman–Crippen LogP) is 4.17. The van der Waals surface area contributed by atoms with Crippen molar-refractivity contribution >= 4 is 16.8 Å². The van der Waals surface area contributed by atoms with Gasteiger partial charge in [0, 0.05) is 42.7 Å². The number of aryl methyl sites for hydroxylation is 1. The van der Waals surface area contributed by atoms with E-state index in [1.54, 1.807) is 6.07 Å². The molecule has 2 atom stereocenters. The van der Waals surface area contributed by atoms with Gasteiger partial charge in [-0.2, -0.15) is 15.5 Å². The Bertz CT molecular complexity index is 1320. The van der Waals surface area contributed by atoms with Crippen LogP contribution >= 0.6 is 0 Å². The van der Waals surface area contributed by atoms with E-state index in [1.165, 1.54) is 0 Å². The van der Waals surface area contributed by atoms with E-state index < -0.39 is 0 Å². The molecule has 2 aromatic carbocycles. The normalized spacial score (nSPS) is 18.0. The molecule has 1 aliphatic rings. The van der Waals surface area contributed by atoms with Gasteiger partial charge in [-0.3, -0.25) is 14.6 Å². The first kappa shape index (κ1) is 21.0. The summed E-state index contributed by atoms with van der Waals surface area (Å²) in [5.74, 6) is 0.560. The quantitative estimate of drug-likeness (QED) is 0.489. The molecule has 7 nitrogen and oxygen atoms in total. The smallest absolute Gasteiger partial charge is 0.223 e. The van der Waals surface area contributed by atoms with Crippen LogP contribution in [-0.2, 0) is 17.8 Å². The van der Waals surface area contributed by atoms with Gasteiger partial charge in [-0.1, -0.05) is 18.2 Å². The van der Waals surface area contributed by atoms with E-state index in [2.05, 4.69) is 51.2 Å². The molecule has 1 N–H and O–H groups in total. The minimum Gasteiger partial charge on any atom is -0.340 e. The van der Waals surface area contributed by atoms with Crippen molar-refractivity contribution in [3.63, 3.8) is 0 Å². The van der Waals surface area contributed by atoms with Crippen molar-refractivity contribution in [2.45, 2.75) is 38.8 Å². The van der Waals surface area contributed by atoms with E-state index in [4.69, 9.17) is 5.26 Å². The molecule has 0 radical (unpaired) electrons. The highest BCUT2D eigenvalue weighted by Crippen LogP contribution is 2.28. The van der Waals surface area contributed by atoms with Crippen LogP contribution in [0.1, 0.15) is 30.9 Å². The summed E-state index contributed by atoms with van der Waals surface area (Å²) in [5, 5.41) is 21.7. The van der Waals surface area contributed by atoms with E-state index in [0.29, 0.717) is 24.3 Å². The Hall–Kier alpha value is -3.92. The number of rotatable bonds is 6. The lowest BCUT2D eigenvalue weighted by molar-refractivity contribution is -0.131. The second-order valence-corrected chi connectivity index (χ2v) is 8.90. The van der Waals surface area contributed by atoms with Gasteiger partial charge < -0.3 is 4.90 Å². The van der Waals surface area contributed by atoms with Gasteiger partial charge in [0.1, 0.15) is 0 Å². The molecule has 1 saturated heterocycles. The van der Waals surface area contributed by atoms with Crippen LogP contribution in [0.15, 0.2) is 61.1 Å². The molecule has 1 amide bonds. The lowest BCUT2D eigenvalue weighted by atomic mass is 10.1. The van der Waals surface area contributed by atoms with Gasteiger partial charge in [0.05, 0.1) is 29.5 Å². The van der Waals surface area contributed by atoms with Crippen molar-refractivity contribution in [3.8, 4) is 17.2 Å². The molecule has 3 heterocycles. The maximum atomic E-state index is 12.9. The summed E-state index contributed by atoms with van der Waals surface area (Å²) in [6.07, 6.45) is 7.72. The van der Waals surface area contributed by atoms with Gasteiger partial charge in [-0.05, 0) is 61.1 Å². The van der Waals surface area contributed by atoms with Gasteiger partial charge in [-0.25, -0.2) is 0 Å². The van der Waals surface area contributed by atoms with Crippen molar-refractivity contribution in [3.05, 3.63) is 72.2 Å². The molecule has 5 rings (SSSR count). The summed E-state index contributed by atoms with van der Waals surface area (Å²) < 4.78 is 2.06. The number of aromatic amines is 1. The number of fused-ring (bicyclic) bond motifs is 1. The van der Waals surface area contributed by atoms with Gasteiger partial charge in [-0.15, -0.1) is 0 Å². The lowest BCUT2D eigenvalue weighted by Gasteiger charge is -2.21. The number of nitrogens with one attached hydrogen (secondary N) is 1. The van der Waals surface area contributed by atoms with Crippen LogP contribution in [0.2, 0.25) is 0 Å². The molecule has 0 spiro atoms. The summed E-state index contributed by atoms with van der Waals surface area (Å²) in [5.41, 5.74) is 4.95. The van der Waals surface area contributed by atoms with Crippen molar-refractivity contribution in [1.29, 1.82) is 5.26 Å². The first-order valence-corrected chi connectivity index (χ1v) is 11.3. The summed E-state index contributed by atoms with van der Waals surface area (Å²) in [6, 6.07) is 16.2. The van der Waals surface area contributed by atoms with Crippen molar-refractivity contribution in [2.75, 3.05) is 6.54 Å². The number of amides is 1. The second-order valence-electron chi connectivity index (χ2n) is 8.90. The monoisotopic (exact) mass is 438 g/mol. The van der Waals surface area contributed by atoms with E-state index >= 15 is 0 Å². The summed E-state index contributed by atoms with van der Waals surface area (Å²) in [4.78, 5) is 14.9. The maximum absolute atomic E-state index is 12.9. The van der Waals surface area contributed by atoms with Crippen molar-refractivity contribution in [1.82, 2.24) is 24.9 Å². The highest BCUT2D eigenvalue weighted by Gasteiger charge is 2.32. The van der Waals surface area contributed by atoms with Crippen LogP contribution < -0.4 is 0 Å². The van der Waals surface area contributed by atoms with Gasteiger partial charge in [0.2, 0.25) is 5.91 Å². The van der Waals surface area contributed by atoms with Crippen LogP contribution in [0.5, 0.6) is 0 Å². The maximum Gasteiger partial charge on any atom is 0.223 e. The third-order valence-electron chi connectivity index (χ3n) is 6.57. The van der Waals surface area contributed by atoms with Gasteiger partial charge in [0.25, 0.3) is 0 Å². The number of benzene rings is 2. The van der Waals surface area contributed by atoms with Crippen molar-refractivity contribution in [2.24, 2.45) is 5.92 Å². The Balaban J connectivity index is 1.22. The third kappa shape index (κ3) is 4.37. The fraction of sp³-hybridized carbons (Fsp3) is 0.308. The largest absolute Gasteiger partial charge is 0.340 e. The van der Waals surface area contributed by atoms with Gasteiger partial charge >= 0.3 is 0 Å². The van der Waals surface area contributed by atoms with Crippen LogP contribution in [-0.4, -0.2) is 43.4 Å². The minimum absolute atomic E-state index is 0.183. The molecule has 7 heteroatoms. The van der Waals surface area contributed by atoms with Crippen molar-refractivity contribution < 1.29 is 4.79 Å². The Labute approximate surface area is 192 Å². The van der Waals surface area contributed by atoms with E-state index in [1.807, 2.05) is 41.7 Å². The molecular weight excluding hydrogens is 412 g/mol. The molecule has 33 heavy (non-hydrogen) atoms. The average Bonchev–Trinajstić information content (AvgIpc) is 3.58. The summed E-state index contributed by atoms with van der Waals surface area (Å²) in [7, 11) is 0. The standard InChI is InChI=1S/C26H26N6O/c1-18-9-21(16-31(18)26(33)8-5-19-3-2-4-20(10-19)12-27)17-32-25-7-6-22(11-23(25)15-30-32)24-13-28-29-14-24/h2-4,6-7,10-11,13-15,18,21H,5,8-9,16-17H2,1H3,(H,28,29)/t18-,21-/m0/s1. The van der Waals surface area contributed by atoms with E-state index in [0.717, 1.165) is 47.1 Å². The summed E-state index contributed by atoms with van der Waals surface area (Å²) in [6.45, 7) is 3.69. The van der Waals surface area contributed by atoms with Gasteiger partial charge in [0.15, 0.2) is 0 Å². The molecular formula is C26H26N6O. The number of hydrogen-bond acceptors (Lipinski definition) is 4. The van der Waals surface area contributed by atoms with Crippen LogP contribution in [0.3, 0.4) is 0 Å². The Morgan fingerprint density at radius 2 is 2.12 bits per heavy atom. The number of aromatic nitrogens is 4. The number of nitriles is 1. The second kappa shape index (κ2) is 8.91. The Kier molecular flexibility index (Phi) is 5.66. The Morgan fingerprint density at radius 1 is 1.21 bits per heavy atom. The zero-order valence-electron chi connectivity index (χ0n) is 18.6. The average molecular weight is 439 g/mol. The predicted molar refractivity (Wildman–Crippen MR) is 126 cm³/mol. The summed E-state index contributed by atoms with van der Waals surface area (Å²) >= 11 is 0. The number of carbonyl (C=O) groups is 1. The highest BCUT2D eigenvalue weighted by atomic mass is 16.2. The fourth-order valence-electron chi connectivity index (χ4n) is 4.88. The number of H-pyrrole nitrogens is 1. The SMILES string of the molecule is C[C@H]1C[C@H](Cn2ncc3cc(-c4cn[nH]c4)ccc32)CN1C(=O)CCc1cccc(C#N)c1. The molecule has 0 aliphatic carbocycles. The molecule has 0 unspecified atom stereocenters. The fourth-order valence-corrected chi connectivity index (χ4v) is 4.88. The van der Waals surface area contributed by atoms with E-state index in [9.17, 15) is 4.79 Å². The highest BCUT2D eigenvalue weighted by molar-refractivity contribution is 5.84. The molecule has 166 valence electrons. The van der Waals surface area contributed by atoms with Crippen LogP contribution in [0, 0.1) is 17.2 Å². The first-order valence-electron chi connectivity index (χ1n) is 11.3. The zero-order chi connectivity index (χ0) is 22.8. The third-order valence-corrected chi connectivity index (χ3v) is 6.57. The van der Waals surface area contributed by atoms with E-state index in [-0.39, 0.29) is 11.9 Å². The first-order chi connectivity index (χ1) is 16.1. The number of nitrogens with zero attached hydrogens (tertiary/aromatic N) is 5. The molecule has 1 aliphatic heterocycles. The number of carbonyl (C=O) groups excluding carboxylic acids is 1. The zero-order valence-corrected chi connectivity index (χ0v) is 18.6. The topological polar surface area (TPSA) is 90.6 Å². The molecule has 0 bridgehead atoms. The van der Waals surface area contributed by atoms with Crippen LogP contribution in [0.25, 0.3) is 22.0 Å². The molecule has 0 saturated carbocycles. The van der Waals surface area contributed by atoms with Crippen LogP contribution in [0.4, 0.5) is 0 Å². The number of hydrogen-bond donors (Lipinski definition) is 1. The molecule has 4 aromatic rings. The number of likely N-dealkylation sites (tertiary alicyclic amines) is 1. The minimum atomic E-state index is 0.183. The molecule has 1 fully saturated rings. The molecule has 2 aromatic heterocycles. The Morgan fingerprint density at radius 3 is 2.94 bits per heavy atom.